The van der Waals surface area contributed by atoms with Crippen LogP contribution in [0.5, 0.6) is 5.75 Å². The first-order chi connectivity index (χ1) is 11.8. The lowest BCUT2D eigenvalue weighted by atomic mass is 10.2. The number of carbonyl (C=O) groups is 2. The predicted molar refractivity (Wildman–Crippen MR) is 90.7 cm³/mol. The number of carbonyl (C=O) groups excluding carboxylic acids is 2. The summed E-state index contributed by atoms with van der Waals surface area (Å²) in [5, 5.41) is 13.8. The number of nitrogens with zero attached hydrogens (tertiary/aromatic N) is 2. The van der Waals surface area contributed by atoms with Crippen LogP contribution < -0.4 is 15.0 Å². The second kappa shape index (κ2) is 7.93. The first-order valence-corrected chi connectivity index (χ1v) is 8.07. The number of nitro groups is 1. The Morgan fingerprint density at radius 3 is 2.52 bits per heavy atom. The van der Waals surface area contributed by atoms with E-state index in [4.69, 9.17) is 4.74 Å². The molecule has 1 heterocycles. The van der Waals surface area contributed by atoms with Gasteiger partial charge in [-0.2, -0.15) is 0 Å². The Kier molecular flexibility index (Phi) is 5.92. The third kappa shape index (κ3) is 4.44. The molecule has 1 aromatic carbocycles. The second-order valence-electron chi connectivity index (χ2n) is 6.02. The maximum atomic E-state index is 12.5. The Bertz CT molecular complexity index is 670. The van der Waals surface area contributed by atoms with Crippen molar-refractivity contribution < 1.29 is 24.1 Å². The third-order valence-electron chi connectivity index (χ3n) is 4.52. The van der Waals surface area contributed by atoms with Gasteiger partial charge >= 0.3 is 0 Å². The molecule has 1 saturated heterocycles. The lowest BCUT2D eigenvalue weighted by Gasteiger charge is -2.34. The molecule has 2 rings (SSSR count). The minimum atomic E-state index is -0.554. The molecule has 0 unspecified atom stereocenters. The van der Waals surface area contributed by atoms with E-state index in [-0.39, 0.29) is 29.2 Å². The van der Waals surface area contributed by atoms with Crippen LogP contribution in [0.3, 0.4) is 0 Å². The average Bonchev–Trinajstić information content (AvgIpc) is 2.61. The van der Waals surface area contributed by atoms with Crippen LogP contribution in [0.25, 0.3) is 0 Å². The lowest BCUT2D eigenvalue weighted by Crippen LogP contribution is -3.19. The van der Waals surface area contributed by atoms with Crippen LogP contribution in [0.15, 0.2) is 18.2 Å². The lowest BCUT2D eigenvalue weighted by molar-refractivity contribution is -0.917. The average molecular weight is 351 g/mol. The molecular formula is C16H23N4O5+. The molecule has 1 fully saturated rings. The van der Waals surface area contributed by atoms with Gasteiger partial charge in [0, 0.05) is 6.92 Å². The molecule has 0 spiro atoms. The van der Waals surface area contributed by atoms with Crippen molar-refractivity contribution >= 4 is 23.2 Å². The molecule has 1 atom stereocenters. The Hall–Kier alpha value is -2.68. The molecule has 25 heavy (non-hydrogen) atoms. The fourth-order valence-electron chi connectivity index (χ4n) is 2.86. The van der Waals surface area contributed by atoms with Crippen molar-refractivity contribution in [2.45, 2.75) is 19.9 Å². The van der Waals surface area contributed by atoms with E-state index in [0.29, 0.717) is 31.9 Å². The second-order valence-corrected chi connectivity index (χ2v) is 6.02. The highest BCUT2D eigenvalue weighted by atomic mass is 16.6. The zero-order chi connectivity index (χ0) is 18.6. The van der Waals surface area contributed by atoms with E-state index in [2.05, 4.69) is 5.32 Å². The number of anilines is 1. The molecule has 9 nitrogen and oxygen atoms in total. The van der Waals surface area contributed by atoms with E-state index in [0.717, 1.165) is 4.90 Å². The minimum Gasteiger partial charge on any atom is -0.496 e. The van der Waals surface area contributed by atoms with Crippen LogP contribution in [0, 0.1) is 10.1 Å². The quantitative estimate of drug-likeness (QED) is 0.558. The number of piperazine rings is 1. The summed E-state index contributed by atoms with van der Waals surface area (Å²) in [5.74, 6) is 0.0910. The van der Waals surface area contributed by atoms with E-state index >= 15 is 0 Å². The fourth-order valence-corrected chi connectivity index (χ4v) is 2.86. The van der Waals surface area contributed by atoms with Gasteiger partial charge in [-0.25, -0.2) is 0 Å². The van der Waals surface area contributed by atoms with E-state index in [9.17, 15) is 19.7 Å². The van der Waals surface area contributed by atoms with Crippen molar-refractivity contribution in [2.75, 3.05) is 38.6 Å². The number of quaternary nitrogens is 1. The van der Waals surface area contributed by atoms with Crippen LogP contribution in [0.2, 0.25) is 0 Å². The molecule has 0 saturated carbocycles. The van der Waals surface area contributed by atoms with Crippen molar-refractivity contribution in [1.29, 1.82) is 0 Å². The van der Waals surface area contributed by atoms with Crippen molar-refractivity contribution in [1.82, 2.24) is 4.90 Å². The predicted octanol–water partition coefficient (Wildman–Crippen LogP) is -0.323. The molecule has 0 bridgehead atoms. The van der Waals surface area contributed by atoms with Gasteiger partial charge in [0.1, 0.15) is 11.4 Å². The number of methoxy groups -OCH3 is 1. The van der Waals surface area contributed by atoms with Crippen LogP contribution in [0.4, 0.5) is 11.4 Å². The monoisotopic (exact) mass is 351 g/mol. The zero-order valence-corrected chi connectivity index (χ0v) is 14.6. The first kappa shape index (κ1) is 18.7. The van der Waals surface area contributed by atoms with Gasteiger partial charge in [-0.3, -0.25) is 19.7 Å². The normalized spacial score (nSPS) is 16.2. The van der Waals surface area contributed by atoms with E-state index in [1.165, 1.54) is 26.2 Å². The summed E-state index contributed by atoms with van der Waals surface area (Å²) in [6.07, 6.45) is 0. The van der Waals surface area contributed by atoms with Gasteiger partial charge in [-0.1, -0.05) is 0 Å². The number of rotatable bonds is 5. The van der Waals surface area contributed by atoms with Crippen LogP contribution in [-0.4, -0.2) is 61.0 Å². The minimum absolute atomic E-state index is 0.0324. The fraction of sp³-hybridized carbons (Fsp3) is 0.500. The molecule has 136 valence electrons. The van der Waals surface area contributed by atoms with Gasteiger partial charge < -0.3 is 19.9 Å². The summed E-state index contributed by atoms with van der Waals surface area (Å²) in [4.78, 5) is 37.3. The number of ether oxygens (including phenoxy) is 1. The first-order valence-electron chi connectivity index (χ1n) is 8.07. The van der Waals surface area contributed by atoms with Crippen molar-refractivity contribution in [3.63, 3.8) is 0 Å². The number of hydrogen-bond acceptors (Lipinski definition) is 5. The third-order valence-corrected chi connectivity index (χ3v) is 4.52. The maximum Gasteiger partial charge on any atom is 0.296 e. The largest absolute Gasteiger partial charge is 0.496 e. The number of amides is 2. The van der Waals surface area contributed by atoms with Gasteiger partial charge in [0.15, 0.2) is 6.04 Å². The molecule has 9 heteroatoms. The number of nitro benzene ring substituents is 1. The zero-order valence-electron chi connectivity index (χ0n) is 14.6. The topological polar surface area (TPSA) is 106 Å². The summed E-state index contributed by atoms with van der Waals surface area (Å²) >= 11 is 0. The van der Waals surface area contributed by atoms with E-state index < -0.39 is 4.92 Å². The summed E-state index contributed by atoms with van der Waals surface area (Å²) < 4.78 is 4.98. The Morgan fingerprint density at radius 2 is 2.00 bits per heavy atom. The van der Waals surface area contributed by atoms with Crippen LogP contribution in [0.1, 0.15) is 13.8 Å². The molecule has 0 aliphatic carbocycles. The van der Waals surface area contributed by atoms with Crippen LogP contribution in [-0.2, 0) is 9.59 Å². The summed E-state index contributed by atoms with van der Waals surface area (Å²) in [5.41, 5.74) is -0.0688. The molecule has 1 aromatic rings. The number of benzene rings is 1. The van der Waals surface area contributed by atoms with Crippen LogP contribution >= 0.6 is 0 Å². The standard InChI is InChI=1S/C16H22N4O5/c1-11(18-6-8-19(9-7-18)12(2)21)16(22)17-14-5-4-13(25-3)10-15(14)20(23)24/h4-5,10-11H,6-9H2,1-3H3,(H,17,22)/p+1/t11-/m1/s1. The highest BCUT2D eigenvalue weighted by Gasteiger charge is 2.31. The van der Waals surface area contributed by atoms with Crippen molar-refractivity contribution in [3.8, 4) is 5.75 Å². The summed E-state index contributed by atoms with van der Waals surface area (Å²) in [7, 11) is 1.42. The molecule has 2 amide bonds. The molecule has 1 aliphatic rings. The molecule has 0 aromatic heterocycles. The summed E-state index contributed by atoms with van der Waals surface area (Å²) in [6, 6.07) is 3.92. The van der Waals surface area contributed by atoms with E-state index in [1.54, 1.807) is 17.9 Å². The van der Waals surface area contributed by atoms with Gasteiger partial charge in [0.05, 0.1) is 44.3 Å². The molecule has 2 N–H and O–H groups in total. The van der Waals surface area contributed by atoms with E-state index in [1.807, 2.05) is 0 Å². The van der Waals surface area contributed by atoms with Crippen molar-refractivity contribution in [3.05, 3.63) is 28.3 Å². The Balaban J connectivity index is 2.04. The maximum absolute atomic E-state index is 12.5. The van der Waals surface area contributed by atoms with Gasteiger partial charge in [0.2, 0.25) is 5.91 Å². The molecular weight excluding hydrogens is 328 g/mol. The Morgan fingerprint density at radius 1 is 1.36 bits per heavy atom. The highest BCUT2D eigenvalue weighted by molar-refractivity contribution is 5.95. The van der Waals surface area contributed by atoms with Gasteiger partial charge in [0.25, 0.3) is 11.6 Å². The number of nitrogens with one attached hydrogen (secondary N) is 2. The Labute approximate surface area is 145 Å². The van der Waals surface area contributed by atoms with Gasteiger partial charge in [-0.15, -0.1) is 0 Å². The molecule has 0 radical (unpaired) electrons. The van der Waals surface area contributed by atoms with Gasteiger partial charge in [-0.05, 0) is 19.1 Å². The molecule has 1 aliphatic heterocycles. The van der Waals surface area contributed by atoms with Crippen molar-refractivity contribution in [2.24, 2.45) is 0 Å². The smallest absolute Gasteiger partial charge is 0.296 e. The summed E-state index contributed by atoms with van der Waals surface area (Å²) in [6.45, 7) is 5.85. The number of hydrogen-bond donors (Lipinski definition) is 2. The SMILES string of the molecule is COc1ccc(NC(=O)[C@@H](C)[NH+]2CCN(C(C)=O)CC2)c([N+](=O)[O-])c1. The highest BCUT2D eigenvalue weighted by Crippen LogP contribution is 2.28.